The first kappa shape index (κ1) is 14.7. The van der Waals surface area contributed by atoms with Crippen molar-refractivity contribution in [1.82, 2.24) is 4.90 Å². The van der Waals surface area contributed by atoms with Gasteiger partial charge in [0.05, 0.1) is 0 Å². The molecule has 0 aromatic rings. The van der Waals surface area contributed by atoms with Crippen LogP contribution in [0, 0.1) is 0 Å². The van der Waals surface area contributed by atoms with Crippen molar-refractivity contribution in [2.75, 3.05) is 13.1 Å². The van der Waals surface area contributed by atoms with Gasteiger partial charge in [-0.15, -0.1) is 6.58 Å². The first-order chi connectivity index (χ1) is 8.21. The minimum absolute atomic E-state index is 0.248. The third-order valence-corrected chi connectivity index (χ3v) is 4.57. The number of unbranched alkanes of at least 4 members (excludes halogenated alkanes) is 1. The van der Waals surface area contributed by atoms with E-state index in [2.05, 4.69) is 25.3 Å². The van der Waals surface area contributed by atoms with Gasteiger partial charge in [0.2, 0.25) is 0 Å². The van der Waals surface area contributed by atoms with Gasteiger partial charge in [-0.3, -0.25) is 4.90 Å². The highest BCUT2D eigenvalue weighted by Crippen LogP contribution is 2.32. The Balaban J connectivity index is 2.64. The second kappa shape index (κ2) is 7.17. The molecule has 1 unspecified atom stereocenters. The molecular weight excluding hydrogens is 208 g/mol. The summed E-state index contributed by atoms with van der Waals surface area (Å²) in [6.45, 7) is 10.9. The first-order valence-electron chi connectivity index (χ1n) is 7.32. The summed E-state index contributed by atoms with van der Waals surface area (Å²) < 4.78 is 0. The zero-order chi connectivity index (χ0) is 12.7. The molecule has 0 saturated carbocycles. The monoisotopic (exact) mass is 238 g/mol. The minimum Gasteiger partial charge on any atom is -0.326 e. The zero-order valence-electron chi connectivity index (χ0n) is 11.8. The molecule has 2 N–H and O–H groups in total. The van der Waals surface area contributed by atoms with Crippen LogP contribution in [0.3, 0.4) is 0 Å². The predicted molar refractivity (Wildman–Crippen MR) is 76.1 cm³/mol. The largest absolute Gasteiger partial charge is 0.326 e. The van der Waals surface area contributed by atoms with Gasteiger partial charge in [0.25, 0.3) is 0 Å². The van der Waals surface area contributed by atoms with Crippen molar-refractivity contribution in [1.29, 1.82) is 0 Å². The van der Waals surface area contributed by atoms with Crippen LogP contribution in [0.1, 0.15) is 58.8 Å². The van der Waals surface area contributed by atoms with Crippen molar-refractivity contribution in [3.63, 3.8) is 0 Å². The third kappa shape index (κ3) is 3.32. The summed E-state index contributed by atoms with van der Waals surface area (Å²) in [4.78, 5) is 2.66. The summed E-state index contributed by atoms with van der Waals surface area (Å²) in [6, 6.07) is 0.315. The number of nitrogens with zero attached hydrogens (tertiary/aromatic N) is 1. The van der Waals surface area contributed by atoms with Gasteiger partial charge in [0.15, 0.2) is 0 Å². The molecule has 0 bridgehead atoms. The number of nitrogens with two attached hydrogens (primary N) is 1. The fraction of sp³-hybridized carbons (Fsp3) is 0.867. The summed E-state index contributed by atoms with van der Waals surface area (Å²) in [5, 5.41) is 0. The average molecular weight is 238 g/mol. The van der Waals surface area contributed by atoms with E-state index < -0.39 is 0 Å². The second-order valence-electron chi connectivity index (χ2n) is 5.33. The van der Waals surface area contributed by atoms with Crippen LogP contribution in [-0.2, 0) is 0 Å². The van der Waals surface area contributed by atoms with Gasteiger partial charge in [-0.1, -0.05) is 19.9 Å². The van der Waals surface area contributed by atoms with E-state index >= 15 is 0 Å². The van der Waals surface area contributed by atoms with Gasteiger partial charge in [-0.25, -0.2) is 0 Å². The van der Waals surface area contributed by atoms with Crippen molar-refractivity contribution in [3.05, 3.63) is 12.7 Å². The molecule has 1 fully saturated rings. The molecule has 2 heteroatoms. The van der Waals surface area contributed by atoms with Gasteiger partial charge in [0, 0.05) is 11.6 Å². The molecule has 17 heavy (non-hydrogen) atoms. The van der Waals surface area contributed by atoms with Crippen molar-refractivity contribution >= 4 is 0 Å². The average Bonchev–Trinajstić information content (AvgIpc) is 2.86. The van der Waals surface area contributed by atoms with E-state index in [1.807, 2.05) is 6.08 Å². The van der Waals surface area contributed by atoms with Crippen LogP contribution in [0.25, 0.3) is 0 Å². The number of hydrogen-bond donors (Lipinski definition) is 1. The summed E-state index contributed by atoms with van der Waals surface area (Å²) in [6.07, 6.45) is 10.5. The maximum Gasteiger partial charge on any atom is 0.0355 e. The highest BCUT2D eigenvalue weighted by molar-refractivity contribution is 4.98. The summed E-state index contributed by atoms with van der Waals surface area (Å²) in [5.74, 6) is 0. The summed E-state index contributed by atoms with van der Waals surface area (Å²) >= 11 is 0. The standard InChI is InChI=1S/C15H30N2/c1-4-7-8-11-14(16)15(5-2,6-3)17-12-9-10-13-17/h4,14H,1,5-13,16H2,2-3H3. The Morgan fingerprint density at radius 3 is 2.35 bits per heavy atom. The van der Waals surface area contributed by atoms with E-state index in [0.29, 0.717) is 6.04 Å². The van der Waals surface area contributed by atoms with E-state index in [4.69, 9.17) is 5.73 Å². The topological polar surface area (TPSA) is 29.3 Å². The van der Waals surface area contributed by atoms with E-state index in [9.17, 15) is 0 Å². The van der Waals surface area contributed by atoms with E-state index in [1.165, 1.54) is 45.2 Å². The van der Waals surface area contributed by atoms with Crippen molar-refractivity contribution in [2.24, 2.45) is 5.73 Å². The SMILES string of the molecule is C=CCCCC(N)C(CC)(CC)N1CCCC1. The van der Waals surface area contributed by atoms with Gasteiger partial charge >= 0.3 is 0 Å². The molecule has 1 heterocycles. The predicted octanol–water partition coefficient (Wildman–Crippen LogP) is 3.32. The molecule has 0 amide bonds. The minimum atomic E-state index is 0.248. The van der Waals surface area contributed by atoms with Crippen LogP contribution < -0.4 is 5.73 Å². The number of hydrogen-bond acceptors (Lipinski definition) is 2. The molecule has 0 aliphatic carbocycles. The van der Waals surface area contributed by atoms with Crippen molar-refractivity contribution in [3.8, 4) is 0 Å². The fourth-order valence-electron chi connectivity index (χ4n) is 3.37. The molecule has 1 atom stereocenters. The lowest BCUT2D eigenvalue weighted by Gasteiger charge is -2.45. The molecular formula is C15H30N2. The van der Waals surface area contributed by atoms with Crippen LogP contribution in [0.4, 0.5) is 0 Å². The molecule has 0 spiro atoms. The Labute approximate surface area is 107 Å². The molecule has 2 nitrogen and oxygen atoms in total. The Morgan fingerprint density at radius 2 is 1.88 bits per heavy atom. The van der Waals surface area contributed by atoms with Crippen LogP contribution in [0.2, 0.25) is 0 Å². The Kier molecular flexibility index (Phi) is 6.21. The lowest BCUT2D eigenvalue weighted by atomic mass is 9.81. The highest BCUT2D eigenvalue weighted by Gasteiger charge is 2.39. The highest BCUT2D eigenvalue weighted by atomic mass is 15.2. The maximum atomic E-state index is 6.52. The fourth-order valence-corrected chi connectivity index (χ4v) is 3.37. The molecule has 1 aliphatic heterocycles. The van der Waals surface area contributed by atoms with Crippen LogP contribution in [-0.4, -0.2) is 29.6 Å². The second-order valence-corrected chi connectivity index (χ2v) is 5.33. The van der Waals surface area contributed by atoms with Crippen LogP contribution in [0.15, 0.2) is 12.7 Å². The van der Waals surface area contributed by atoms with Crippen LogP contribution in [0.5, 0.6) is 0 Å². The summed E-state index contributed by atoms with van der Waals surface area (Å²) in [7, 11) is 0. The Morgan fingerprint density at radius 1 is 1.29 bits per heavy atom. The van der Waals surface area contributed by atoms with Crippen LogP contribution >= 0.6 is 0 Å². The van der Waals surface area contributed by atoms with Gasteiger partial charge in [-0.05, 0) is 58.0 Å². The quantitative estimate of drug-likeness (QED) is 0.519. The molecule has 0 aromatic carbocycles. The third-order valence-electron chi connectivity index (χ3n) is 4.57. The normalized spacial score (nSPS) is 19.5. The molecule has 1 saturated heterocycles. The first-order valence-corrected chi connectivity index (χ1v) is 7.32. The van der Waals surface area contributed by atoms with E-state index in [0.717, 1.165) is 12.8 Å². The number of likely N-dealkylation sites (tertiary alicyclic amines) is 1. The Bertz CT molecular complexity index is 215. The smallest absolute Gasteiger partial charge is 0.0355 e. The number of allylic oxidation sites excluding steroid dienone is 1. The van der Waals surface area contributed by atoms with Gasteiger partial charge in [-0.2, -0.15) is 0 Å². The molecule has 0 radical (unpaired) electrons. The van der Waals surface area contributed by atoms with E-state index in [-0.39, 0.29) is 5.54 Å². The van der Waals surface area contributed by atoms with Crippen molar-refractivity contribution < 1.29 is 0 Å². The van der Waals surface area contributed by atoms with Crippen molar-refractivity contribution in [2.45, 2.75) is 70.4 Å². The molecule has 1 aliphatic rings. The Hall–Kier alpha value is -0.340. The molecule has 0 aromatic heterocycles. The lowest BCUT2D eigenvalue weighted by Crippen LogP contribution is -2.58. The lowest BCUT2D eigenvalue weighted by molar-refractivity contribution is 0.0730. The molecule has 100 valence electrons. The van der Waals surface area contributed by atoms with Gasteiger partial charge in [0.1, 0.15) is 0 Å². The summed E-state index contributed by atoms with van der Waals surface area (Å²) in [5.41, 5.74) is 6.77. The molecule has 1 rings (SSSR count). The van der Waals surface area contributed by atoms with Gasteiger partial charge < -0.3 is 5.73 Å². The number of rotatable bonds is 8. The zero-order valence-corrected chi connectivity index (χ0v) is 11.8. The maximum absolute atomic E-state index is 6.52. The van der Waals surface area contributed by atoms with E-state index in [1.54, 1.807) is 0 Å².